The van der Waals surface area contributed by atoms with Crippen molar-refractivity contribution in [3.63, 3.8) is 0 Å². The summed E-state index contributed by atoms with van der Waals surface area (Å²) >= 11 is 0. The fraction of sp³-hybridized carbons (Fsp3) is 0.600. The minimum absolute atomic E-state index is 0.0763. The molecule has 1 fully saturated rings. The van der Waals surface area contributed by atoms with E-state index in [9.17, 15) is 4.79 Å². The zero-order chi connectivity index (χ0) is 13.8. The van der Waals surface area contributed by atoms with Crippen LogP contribution < -0.4 is 5.32 Å². The lowest BCUT2D eigenvalue weighted by Gasteiger charge is -2.25. The molecule has 1 N–H and O–H groups in total. The third-order valence-electron chi connectivity index (χ3n) is 3.94. The highest BCUT2D eigenvalue weighted by atomic mass is 16.5. The first-order valence-corrected chi connectivity index (χ1v) is 7.35. The van der Waals surface area contributed by atoms with E-state index in [-0.39, 0.29) is 5.91 Å². The zero-order valence-electron chi connectivity index (χ0n) is 11.7. The van der Waals surface area contributed by atoms with Crippen LogP contribution in [0.25, 0.3) is 0 Å². The van der Waals surface area contributed by atoms with Crippen LogP contribution in [-0.4, -0.2) is 48.6 Å². The number of carbonyl (C=O) groups is 1. The molecular formula is C15H21N3O2. The lowest BCUT2D eigenvalue weighted by atomic mass is 10.1. The molecule has 0 spiro atoms. The number of nitrogens with one attached hydrogen (secondary N) is 1. The van der Waals surface area contributed by atoms with Crippen molar-refractivity contribution in [2.24, 2.45) is 0 Å². The van der Waals surface area contributed by atoms with E-state index in [1.54, 1.807) is 0 Å². The molecule has 1 aromatic rings. The molecule has 0 radical (unpaired) electrons. The summed E-state index contributed by atoms with van der Waals surface area (Å²) in [6.45, 7) is 4.16. The lowest BCUT2D eigenvalue weighted by Crippen LogP contribution is -2.43. The van der Waals surface area contributed by atoms with Crippen LogP contribution in [0.4, 0.5) is 0 Å². The number of amides is 1. The summed E-state index contributed by atoms with van der Waals surface area (Å²) in [6.07, 6.45) is 5.31. The largest absolute Gasteiger partial charge is 0.379 e. The maximum absolute atomic E-state index is 11.9. The summed E-state index contributed by atoms with van der Waals surface area (Å²) in [6, 6.07) is 2.18. The number of carbonyl (C=O) groups excluding carboxylic acids is 1. The standard InChI is InChI=1S/C15H21N3O2/c19-15(11-18-4-6-20-7-5-18)17-10-12-8-13-2-1-3-14(13)16-9-12/h8-9H,1-7,10-11H2,(H,17,19). The van der Waals surface area contributed by atoms with E-state index in [1.165, 1.54) is 17.7 Å². The minimum atomic E-state index is 0.0763. The molecule has 0 bridgehead atoms. The van der Waals surface area contributed by atoms with Gasteiger partial charge in [-0.2, -0.15) is 0 Å². The Morgan fingerprint density at radius 1 is 1.35 bits per heavy atom. The Kier molecular flexibility index (Phi) is 4.28. The number of aromatic nitrogens is 1. The van der Waals surface area contributed by atoms with E-state index < -0.39 is 0 Å². The summed E-state index contributed by atoms with van der Waals surface area (Å²) in [4.78, 5) is 18.5. The van der Waals surface area contributed by atoms with Gasteiger partial charge in [-0.1, -0.05) is 6.07 Å². The van der Waals surface area contributed by atoms with Gasteiger partial charge in [-0.25, -0.2) is 0 Å². The lowest BCUT2D eigenvalue weighted by molar-refractivity contribution is -0.123. The van der Waals surface area contributed by atoms with Crippen molar-refractivity contribution in [3.8, 4) is 0 Å². The van der Waals surface area contributed by atoms with E-state index in [4.69, 9.17) is 4.74 Å². The Bertz CT molecular complexity index is 484. The monoisotopic (exact) mass is 275 g/mol. The predicted octanol–water partition coefficient (Wildman–Crippen LogP) is 0.519. The van der Waals surface area contributed by atoms with E-state index in [0.29, 0.717) is 13.1 Å². The third-order valence-corrected chi connectivity index (χ3v) is 3.94. The summed E-state index contributed by atoms with van der Waals surface area (Å²) in [7, 11) is 0. The molecule has 1 aliphatic carbocycles. The zero-order valence-corrected chi connectivity index (χ0v) is 11.7. The van der Waals surface area contributed by atoms with Crippen LogP contribution in [0.2, 0.25) is 0 Å². The van der Waals surface area contributed by atoms with Crippen LogP contribution in [0.15, 0.2) is 12.3 Å². The van der Waals surface area contributed by atoms with Crippen LogP contribution in [-0.2, 0) is 28.9 Å². The second kappa shape index (κ2) is 6.33. The molecule has 1 saturated heterocycles. The summed E-state index contributed by atoms with van der Waals surface area (Å²) in [5.74, 6) is 0.0763. The van der Waals surface area contributed by atoms with Crippen LogP contribution in [0.1, 0.15) is 23.2 Å². The summed E-state index contributed by atoms with van der Waals surface area (Å²) < 4.78 is 5.27. The van der Waals surface area contributed by atoms with Gasteiger partial charge in [0.05, 0.1) is 19.8 Å². The van der Waals surface area contributed by atoms with Crippen molar-refractivity contribution in [3.05, 3.63) is 29.1 Å². The van der Waals surface area contributed by atoms with Crippen LogP contribution >= 0.6 is 0 Å². The van der Waals surface area contributed by atoms with E-state index in [0.717, 1.165) is 44.7 Å². The summed E-state index contributed by atoms with van der Waals surface area (Å²) in [5, 5.41) is 2.98. The van der Waals surface area contributed by atoms with Gasteiger partial charge in [0, 0.05) is 31.5 Å². The molecule has 108 valence electrons. The third kappa shape index (κ3) is 3.35. The van der Waals surface area contributed by atoms with Gasteiger partial charge < -0.3 is 10.1 Å². The number of nitrogens with zero attached hydrogens (tertiary/aromatic N) is 2. The number of morpholine rings is 1. The maximum Gasteiger partial charge on any atom is 0.234 e. The normalized spacial score (nSPS) is 18.8. The molecule has 0 unspecified atom stereocenters. The van der Waals surface area contributed by atoms with Crippen molar-refractivity contribution in [1.29, 1.82) is 0 Å². The SMILES string of the molecule is O=C(CN1CCOCC1)NCc1cnc2c(c1)CCC2. The van der Waals surface area contributed by atoms with Crippen molar-refractivity contribution in [2.75, 3.05) is 32.8 Å². The number of aryl methyl sites for hydroxylation is 2. The molecule has 1 aromatic heterocycles. The molecular weight excluding hydrogens is 254 g/mol. The average Bonchev–Trinajstić information content (AvgIpc) is 2.93. The fourth-order valence-electron chi connectivity index (χ4n) is 2.79. The molecule has 2 aliphatic rings. The van der Waals surface area contributed by atoms with Crippen molar-refractivity contribution >= 4 is 5.91 Å². The van der Waals surface area contributed by atoms with Crippen LogP contribution in [0, 0.1) is 0 Å². The van der Waals surface area contributed by atoms with Gasteiger partial charge in [-0.05, 0) is 30.4 Å². The minimum Gasteiger partial charge on any atom is -0.379 e. The Labute approximate surface area is 119 Å². The molecule has 0 aromatic carbocycles. The van der Waals surface area contributed by atoms with Gasteiger partial charge in [0.2, 0.25) is 5.91 Å². The maximum atomic E-state index is 11.9. The molecule has 5 nitrogen and oxygen atoms in total. The van der Waals surface area contributed by atoms with Gasteiger partial charge in [-0.3, -0.25) is 14.7 Å². The number of fused-ring (bicyclic) bond motifs is 1. The molecule has 0 atom stereocenters. The number of rotatable bonds is 4. The fourth-order valence-corrected chi connectivity index (χ4v) is 2.79. The topological polar surface area (TPSA) is 54.5 Å². The number of ether oxygens (including phenoxy) is 1. The molecule has 3 rings (SSSR count). The smallest absolute Gasteiger partial charge is 0.234 e. The van der Waals surface area contributed by atoms with Gasteiger partial charge in [-0.15, -0.1) is 0 Å². The van der Waals surface area contributed by atoms with E-state index in [1.807, 2.05) is 6.20 Å². The average molecular weight is 275 g/mol. The van der Waals surface area contributed by atoms with Gasteiger partial charge in [0.15, 0.2) is 0 Å². The van der Waals surface area contributed by atoms with Crippen LogP contribution in [0.5, 0.6) is 0 Å². The van der Waals surface area contributed by atoms with Crippen molar-refractivity contribution in [2.45, 2.75) is 25.8 Å². The first kappa shape index (κ1) is 13.5. The summed E-state index contributed by atoms with van der Waals surface area (Å²) in [5.41, 5.74) is 3.68. The van der Waals surface area contributed by atoms with Crippen molar-refractivity contribution in [1.82, 2.24) is 15.2 Å². The number of hydrogen-bond acceptors (Lipinski definition) is 4. The van der Waals surface area contributed by atoms with Gasteiger partial charge >= 0.3 is 0 Å². The second-order valence-corrected chi connectivity index (χ2v) is 5.47. The first-order chi connectivity index (χ1) is 9.81. The predicted molar refractivity (Wildman–Crippen MR) is 75.4 cm³/mol. The molecule has 20 heavy (non-hydrogen) atoms. The quantitative estimate of drug-likeness (QED) is 0.870. The Morgan fingerprint density at radius 2 is 2.20 bits per heavy atom. The van der Waals surface area contributed by atoms with Gasteiger partial charge in [0.1, 0.15) is 0 Å². The molecule has 2 heterocycles. The van der Waals surface area contributed by atoms with Gasteiger partial charge in [0.25, 0.3) is 0 Å². The number of pyridine rings is 1. The van der Waals surface area contributed by atoms with Crippen molar-refractivity contribution < 1.29 is 9.53 Å². The van der Waals surface area contributed by atoms with E-state index >= 15 is 0 Å². The Hall–Kier alpha value is -1.46. The highest BCUT2D eigenvalue weighted by Crippen LogP contribution is 2.20. The Balaban J connectivity index is 1.47. The first-order valence-electron chi connectivity index (χ1n) is 7.35. The highest BCUT2D eigenvalue weighted by Gasteiger charge is 2.15. The molecule has 5 heteroatoms. The molecule has 0 saturated carbocycles. The van der Waals surface area contributed by atoms with E-state index in [2.05, 4.69) is 21.3 Å². The number of hydrogen-bond donors (Lipinski definition) is 1. The molecule has 1 aliphatic heterocycles. The Morgan fingerprint density at radius 3 is 3.05 bits per heavy atom. The second-order valence-electron chi connectivity index (χ2n) is 5.47. The van der Waals surface area contributed by atoms with Crippen LogP contribution in [0.3, 0.4) is 0 Å². The highest BCUT2D eigenvalue weighted by molar-refractivity contribution is 5.78. The molecule has 1 amide bonds.